The lowest BCUT2D eigenvalue weighted by molar-refractivity contribution is -0.136. The van der Waals surface area contributed by atoms with Crippen molar-refractivity contribution in [3.05, 3.63) is 0 Å². The van der Waals surface area contributed by atoms with Crippen LogP contribution in [0.25, 0.3) is 0 Å². The lowest BCUT2D eigenvalue weighted by atomic mass is 10.1. The summed E-state index contributed by atoms with van der Waals surface area (Å²) in [5.74, 6) is 0.250. The van der Waals surface area contributed by atoms with Gasteiger partial charge in [0.05, 0.1) is 12.6 Å². The van der Waals surface area contributed by atoms with Gasteiger partial charge in [-0.25, -0.2) is 0 Å². The third-order valence-corrected chi connectivity index (χ3v) is 2.76. The van der Waals surface area contributed by atoms with Gasteiger partial charge >= 0.3 is 0 Å². The fourth-order valence-electron chi connectivity index (χ4n) is 1.98. The molecule has 5 nitrogen and oxygen atoms in total. The lowest BCUT2D eigenvalue weighted by Crippen LogP contribution is -2.59. The summed E-state index contributed by atoms with van der Waals surface area (Å²) in [5, 5.41) is 5.89. The lowest BCUT2D eigenvalue weighted by Gasteiger charge is -2.37. The molecule has 1 atom stereocenters. The van der Waals surface area contributed by atoms with E-state index in [9.17, 15) is 9.59 Å². The number of nitrogens with one attached hydrogen (secondary N) is 2. The Morgan fingerprint density at radius 2 is 2.14 bits per heavy atom. The Bertz CT molecular complexity index is 254. The number of rotatable bonds is 0. The van der Waals surface area contributed by atoms with Crippen LogP contribution in [0.3, 0.4) is 0 Å². The summed E-state index contributed by atoms with van der Waals surface area (Å²) in [7, 11) is 0. The van der Waals surface area contributed by atoms with E-state index in [1.54, 1.807) is 0 Å². The topological polar surface area (TPSA) is 61.4 Å². The van der Waals surface area contributed by atoms with Gasteiger partial charge in [0.2, 0.25) is 11.8 Å². The molecule has 2 heterocycles. The predicted octanol–water partition coefficient (Wildman–Crippen LogP) is -1.30. The summed E-state index contributed by atoms with van der Waals surface area (Å²) in [4.78, 5) is 24.6. The molecule has 2 aliphatic rings. The number of carbonyl (C=O) groups excluding carboxylic acids is 2. The van der Waals surface area contributed by atoms with E-state index >= 15 is 0 Å². The fraction of sp³-hybridized carbons (Fsp3) is 0.778. The Morgan fingerprint density at radius 1 is 1.29 bits per heavy atom. The molecule has 2 N–H and O–H groups in total. The summed E-state index contributed by atoms with van der Waals surface area (Å²) in [6.07, 6.45) is 1.30. The molecule has 0 aliphatic carbocycles. The quantitative estimate of drug-likeness (QED) is 0.507. The maximum Gasteiger partial charge on any atom is 0.236 e. The van der Waals surface area contributed by atoms with Gasteiger partial charge in [0.15, 0.2) is 0 Å². The third kappa shape index (κ3) is 1.87. The van der Waals surface area contributed by atoms with Crippen LogP contribution in [0, 0.1) is 0 Å². The Hall–Kier alpha value is -1.10. The Morgan fingerprint density at radius 3 is 3.00 bits per heavy atom. The Balaban J connectivity index is 2.03. The van der Waals surface area contributed by atoms with Crippen LogP contribution in [0.5, 0.6) is 0 Å². The van der Waals surface area contributed by atoms with Crippen molar-refractivity contribution in [3.8, 4) is 0 Å². The standard InChI is InChI=1S/C9H15N3O2/c13-8-2-1-3-12-7(5-11-8)4-10-6-9(12)14/h7,10H,1-6H2,(H,11,13). The van der Waals surface area contributed by atoms with Crippen molar-refractivity contribution in [2.75, 3.05) is 26.2 Å². The molecule has 0 spiro atoms. The zero-order valence-electron chi connectivity index (χ0n) is 8.08. The van der Waals surface area contributed by atoms with Gasteiger partial charge in [-0.05, 0) is 6.42 Å². The molecule has 14 heavy (non-hydrogen) atoms. The highest BCUT2D eigenvalue weighted by Gasteiger charge is 2.28. The second-order valence-corrected chi connectivity index (χ2v) is 3.78. The number of nitrogens with zero attached hydrogens (tertiary/aromatic N) is 1. The normalized spacial score (nSPS) is 28.9. The molecule has 2 fully saturated rings. The number of fused-ring (bicyclic) bond motifs is 1. The summed E-state index contributed by atoms with van der Waals surface area (Å²) in [6, 6.07) is 0.139. The van der Waals surface area contributed by atoms with Gasteiger partial charge in [0.25, 0.3) is 0 Å². The van der Waals surface area contributed by atoms with Crippen molar-refractivity contribution in [2.24, 2.45) is 0 Å². The molecular formula is C9H15N3O2. The van der Waals surface area contributed by atoms with Gasteiger partial charge in [-0.3, -0.25) is 9.59 Å². The molecule has 0 radical (unpaired) electrons. The first-order valence-electron chi connectivity index (χ1n) is 5.04. The molecule has 0 bridgehead atoms. The van der Waals surface area contributed by atoms with Crippen LogP contribution < -0.4 is 10.6 Å². The SMILES string of the molecule is O=C1CCCN2C(=O)CNCC2CN1. The molecule has 1 unspecified atom stereocenters. The Kier molecular flexibility index (Phi) is 2.67. The monoisotopic (exact) mass is 197 g/mol. The largest absolute Gasteiger partial charge is 0.354 e. The molecule has 78 valence electrons. The van der Waals surface area contributed by atoms with Crippen LogP contribution in [0.2, 0.25) is 0 Å². The summed E-state index contributed by atoms with van der Waals surface area (Å²) >= 11 is 0. The predicted molar refractivity (Wildman–Crippen MR) is 50.6 cm³/mol. The van der Waals surface area contributed by atoms with E-state index in [1.807, 2.05) is 4.90 Å². The minimum Gasteiger partial charge on any atom is -0.354 e. The minimum absolute atomic E-state index is 0.0997. The summed E-state index contributed by atoms with van der Waals surface area (Å²) in [6.45, 7) is 2.52. The smallest absolute Gasteiger partial charge is 0.236 e. The summed E-state index contributed by atoms with van der Waals surface area (Å²) in [5.41, 5.74) is 0. The first-order valence-corrected chi connectivity index (χ1v) is 5.04. The van der Waals surface area contributed by atoms with E-state index in [1.165, 1.54) is 0 Å². The minimum atomic E-state index is 0.0997. The van der Waals surface area contributed by atoms with Crippen molar-refractivity contribution in [3.63, 3.8) is 0 Å². The Labute approximate surface area is 82.8 Å². The molecule has 0 aromatic rings. The molecule has 2 saturated heterocycles. The number of piperazine rings is 1. The summed E-state index contributed by atoms with van der Waals surface area (Å²) < 4.78 is 0. The molecular weight excluding hydrogens is 182 g/mol. The van der Waals surface area contributed by atoms with Crippen LogP contribution >= 0.6 is 0 Å². The van der Waals surface area contributed by atoms with Crippen molar-refractivity contribution < 1.29 is 9.59 Å². The number of carbonyl (C=O) groups is 2. The average Bonchev–Trinajstić information content (AvgIpc) is 2.14. The maximum atomic E-state index is 11.5. The van der Waals surface area contributed by atoms with Crippen LogP contribution in [0.1, 0.15) is 12.8 Å². The van der Waals surface area contributed by atoms with Crippen LogP contribution in [-0.2, 0) is 9.59 Å². The highest BCUT2D eigenvalue weighted by molar-refractivity contribution is 5.80. The van der Waals surface area contributed by atoms with Gasteiger partial charge in [-0.1, -0.05) is 0 Å². The molecule has 0 aromatic heterocycles. The maximum absolute atomic E-state index is 11.5. The van der Waals surface area contributed by atoms with Gasteiger partial charge in [-0.15, -0.1) is 0 Å². The van der Waals surface area contributed by atoms with E-state index in [0.29, 0.717) is 19.5 Å². The second kappa shape index (κ2) is 3.96. The molecule has 0 saturated carbocycles. The number of hydrogen-bond donors (Lipinski definition) is 2. The highest BCUT2D eigenvalue weighted by Crippen LogP contribution is 2.08. The van der Waals surface area contributed by atoms with Crippen molar-refractivity contribution in [2.45, 2.75) is 18.9 Å². The average molecular weight is 197 g/mol. The van der Waals surface area contributed by atoms with Crippen molar-refractivity contribution in [1.82, 2.24) is 15.5 Å². The molecule has 5 heteroatoms. The van der Waals surface area contributed by atoms with Crippen molar-refractivity contribution in [1.29, 1.82) is 0 Å². The third-order valence-electron chi connectivity index (χ3n) is 2.76. The van der Waals surface area contributed by atoms with Gasteiger partial charge in [0.1, 0.15) is 0 Å². The molecule has 2 amide bonds. The number of hydrogen-bond acceptors (Lipinski definition) is 3. The molecule has 2 rings (SSSR count). The zero-order valence-corrected chi connectivity index (χ0v) is 8.08. The van der Waals surface area contributed by atoms with E-state index < -0.39 is 0 Å². The van der Waals surface area contributed by atoms with Crippen molar-refractivity contribution >= 4 is 11.8 Å². The van der Waals surface area contributed by atoms with Gasteiger partial charge < -0.3 is 15.5 Å². The molecule has 2 aliphatic heterocycles. The number of amides is 2. The first kappa shape index (κ1) is 9.45. The second-order valence-electron chi connectivity index (χ2n) is 3.78. The van der Waals surface area contributed by atoms with E-state index in [2.05, 4.69) is 10.6 Å². The van der Waals surface area contributed by atoms with E-state index in [0.717, 1.165) is 19.5 Å². The van der Waals surface area contributed by atoms with Crippen LogP contribution in [-0.4, -0.2) is 48.9 Å². The van der Waals surface area contributed by atoms with E-state index in [-0.39, 0.29) is 17.9 Å². The van der Waals surface area contributed by atoms with Crippen LogP contribution in [0.4, 0.5) is 0 Å². The zero-order chi connectivity index (χ0) is 9.97. The highest BCUT2D eigenvalue weighted by atomic mass is 16.2. The fourth-order valence-corrected chi connectivity index (χ4v) is 1.98. The first-order chi connectivity index (χ1) is 6.77. The van der Waals surface area contributed by atoms with Gasteiger partial charge in [-0.2, -0.15) is 0 Å². The van der Waals surface area contributed by atoms with Gasteiger partial charge in [0, 0.05) is 26.1 Å². The van der Waals surface area contributed by atoms with Crippen LogP contribution in [0.15, 0.2) is 0 Å². The molecule has 0 aromatic carbocycles. The van der Waals surface area contributed by atoms with E-state index in [4.69, 9.17) is 0 Å².